The van der Waals surface area contributed by atoms with Crippen LogP contribution in [0.25, 0.3) is 0 Å². The quantitative estimate of drug-likeness (QED) is 0.649. The smallest absolute Gasteiger partial charge is 0.133 e. The Morgan fingerprint density at radius 3 is 2.45 bits per heavy atom. The predicted octanol–water partition coefficient (Wildman–Crippen LogP) is 4.15. The summed E-state index contributed by atoms with van der Waals surface area (Å²) in [5.41, 5.74) is 2.20. The van der Waals surface area contributed by atoms with Gasteiger partial charge in [-0.3, -0.25) is 14.0 Å². The van der Waals surface area contributed by atoms with Crippen molar-refractivity contribution in [1.82, 2.24) is 9.21 Å². The number of piperazine rings is 1. The lowest BCUT2D eigenvalue weighted by atomic mass is 10.1. The van der Waals surface area contributed by atoms with Gasteiger partial charge in [-0.2, -0.15) is 0 Å². The van der Waals surface area contributed by atoms with Gasteiger partial charge in [0, 0.05) is 50.5 Å². The van der Waals surface area contributed by atoms with Gasteiger partial charge in [0.1, 0.15) is 12.1 Å². The molecule has 2 N–H and O–H groups in total. The molecule has 0 bridgehead atoms. The second-order valence-electron chi connectivity index (χ2n) is 8.20. The molecule has 0 amide bonds. The zero-order valence-corrected chi connectivity index (χ0v) is 18.4. The van der Waals surface area contributed by atoms with E-state index in [9.17, 15) is 18.3 Å². The van der Waals surface area contributed by atoms with E-state index in [-0.39, 0.29) is 17.6 Å². The summed E-state index contributed by atoms with van der Waals surface area (Å²) in [6, 6.07) is 14.8. The molecule has 2 aromatic rings. The third kappa shape index (κ3) is 4.94. The molecule has 2 saturated heterocycles. The second kappa shape index (κ2) is 9.67. The van der Waals surface area contributed by atoms with Gasteiger partial charge >= 0.3 is 0 Å². The summed E-state index contributed by atoms with van der Waals surface area (Å²) in [6.45, 7) is 4.19. The standard InChI is InChI=1S/C23H30FN3O3S/c24-22-17-21(26-13-11-25(12-14-26)15-16-28)9-8-20(22)18-27-10-4-7-23(31(27,29)30)19-5-2-1-3-6-19/h1-3,5-6,8-9,16-17,23,29-30H,4,7,10-15,18H2. The molecule has 0 spiro atoms. The maximum absolute atomic E-state index is 15.0. The van der Waals surface area contributed by atoms with Gasteiger partial charge in [0.2, 0.25) is 0 Å². The highest BCUT2D eigenvalue weighted by atomic mass is 32.3. The number of benzene rings is 2. The van der Waals surface area contributed by atoms with E-state index in [4.69, 9.17) is 0 Å². The van der Waals surface area contributed by atoms with Crippen LogP contribution in [-0.2, 0) is 11.3 Å². The fraction of sp³-hybridized carbons (Fsp3) is 0.435. The lowest BCUT2D eigenvalue weighted by Gasteiger charge is -2.51. The molecule has 8 heteroatoms. The van der Waals surface area contributed by atoms with Gasteiger partial charge in [-0.1, -0.05) is 36.4 Å². The maximum atomic E-state index is 15.0. The van der Waals surface area contributed by atoms with E-state index in [0.717, 1.165) is 50.1 Å². The van der Waals surface area contributed by atoms with Gasteiger partial charge in [0.15, 0.2) is 0 Å². The van der Waals surface area contributed by atoms with E-state index in [1.165, 1.54) is 6.07 Å². The van der Waals surface area contributed by atoms with Crippen LogP contribution >= 0.6 is 10.8 Å². The van der Waals surface area contributed by atoms with Crippen LogP contribution in [-0.4, -0.2) is 63.9 Å². The third-order valence-electron chi connectivity index (χ3n) is 6.26. The number of hydrogen-bond acceptors (Lipinski definition) is 6. The number of carbonyl (C=O) groups excluding carboxylic acids is 1. The summed E-state index contributed by atoms with van der Waals surface area (Å²) < 4.78 is 38.7. The van der Waals surface area contributed by atoms with Gasteiger partial charge in [-0.05, 0) is 30.5 Å². The van der Waals surface area contributed by atoms with Crippen LogP contribution in [0.15, 0.2) is 48.5 Å². The molecule has 2 aliphatic rings. The van der Waals surface area contributed by atoms with Crippen LogP contribution in [0.5, 0.6) is 0 Å². The predicted molar refractivity (Wildman–Crippen MR) is 123 cm³/mol. The summed E-state index contributed by atoms with van der Waals surface area (Å²) in [5, 5.41) is -0.354. The Bertz CT molecular complexity index is 891. The van der Waals surface area contributed by atoms with Crippen molar-refractivity contribution in [2.24, 2.45) is 0 Å². The number of rotatable bonds is 6. The minimum Gasteiger partial charge on any atom is -0.369 e. The Labute approximate surface area is 184 Å². The first-order valence-electron chi connectivity index (χ1n) is 10.8. The molecular weight excluding hydrogens is 417 g/mol. The van der Waals surface area contributed by atoms with Crippen molar-refractivity contribution in [3.63, 3.8) is 0 Å². The average Bonchev–Trinajstić information content (AvgIpc) is 2.77. The van der Waals surface area contributed by atoms with E-state index in [1.54, 1.807) is 10.4 Å². The molecule has 31 heavy (non-hydrogen) atoms. The van der Waals surface area contributed by atoms with Crippen LogP contribution in [0.1, 0.15) is 29.2 Å². The van der Waals surface area contributed by atoms with Gasteiger partial charge in [0.05, 0.1) is 11.8 Å². The molecule has 0 aromatic heterocycles. The summed E-state index contributed by atoms with van der Waals surface area (Å²) in [4.78, 5) is 14.9. The van der Waals surface area contributed by atoms with Crippen molar-refractivity contribution in [3.8, 4) is 0 Å². The SMILES string of the molecule is O=CCN1CCN(c2ccc(CN3CCCC(c4ccccc4)S3(O)O)c(F)c2)CC1. The number of carbonyl (C=O) groups is 1. The first-order valence-corrected chi connectivity index (χ1v) is 12.3. The highest BCUT2D eigenvalue weighted by molar-refractivity contribution is 8.22. The van der Waals surface area contributed by atoms with E-state index in [2.05, 4.69) is 9.80 Å². The lowest BCUT2D eigenvalue weighted by molar-refractivity contribution is -0.108. The van der Waals surface area contributed by atoms with Crippen molar-refractivity contribution in [2.45, 2.75) is 24.6 Å². The molecule has 0 radical (unpaired) electrons. The van der Waals surface area contributed by atoms with Crippen LogP contribution in [0.4, 0.5) is 10.1 Å². The zero-order valence-electron chi connectivity index (χ0n) is 17.6. The Hall–Kier alpha value is -1.97. The van der Waals surface area contributed by atoms with E-state index >= 15 is 0 Å². The molecule has 0 aliphatic carbocycles. The lowest BCUT2D eigenvalue weighted by Crippen LogP contribution is -2.46. The van der Waals surface area contributed by atoms with E-state index < -0.39 is 10.8 Å². The van der Waals surface area contributed by atoms with Gasteiger partial charge in [0.25, 0.3) is 0 Å². The number of nitrogens with zero attached hydrogens (tertiary/aromatic N) is 3. The van der Waals surface area contributed by atoms with Crippen molar-refractivity contribution >= 4 is 22.7 Å². The molecule has 2 heterocycles. The average molecular weight is 448 g/mol. The summed E-state index contributed by atoms with van der Waals surface area (Å²) in [7, 11) is -3.05. The minimum atomic E-state index is -3.05. The molecule has 2 aromatic carbocycles. The number of halogens is 1. The number of anilines is 1. The molecule has 2 aliphatic heterocycles. The Kier molecular flexibility index (Phi) is 6.93. The minimum absolute atomic E-state index is 0.172. The van der Waals surface area contributed by atoms with Crippen LogP contribution in [0, 0.1) is 5.82 Å². The molecule has 1 atom stereocenters. The fourth-order valence-corrected chi connectivity index (χ4v) is 6.55. The first-order chi connectivity index (χ1) is 15.0. The summed E-state index contributed by atoms with van der Waals surface area (Å²) in [6.07, 6.45) is 2.46. The topological polar surface area (TPSA) is 67.3 Å². The highest BCUT2D eigenvalue weighted by Gasteiger charge is 2.37. The molecule has 0 saturated carbocycles. The maximum Gasteiger partial charge on any atom is 0.133 e. The largest absolute Gasteiger partial charge is 0.369 e. The Balaban J connectivity index is 1.45. The summed E-state index contributed by atoms with van der Waals surface area (Å²) >= 11 is 0. The molecular formula is C23H30FN3O3S. The molecule has 168 valence electrons. The van der Waals surface area contributed by atoms with E-state index in [1.807, 2.05) is 36.4 Å². The zero-order chi connectivity index (χ0) is 21.8. The highest BCUT2D eigenvalue weighted by Crippen LogP contribution is 2.61. The number of hydrogen-bond donors (Lipinski definition) is 2. The molecule has 4 rings (SSSR count). The Morgan fingerprint density at radius 2 is 1.77 bits per heavy atom. The second-order valence-corrected chi connectivity index (χ2v) is 10.4. The molecule has 6 nitrogen and oxygen atoms in total. The molecule has 1 unspecified atom stereocenters. The van der Waals surface area contributed by atoms with Gasteiger partial charge in [-0.15, -0.1) is 10.8 Å². The van der Waals surface area contributed by atoms with Gasteiger partial charge in [-0.25, -0.2) is 8.70 Å². The Morgan fingerprint density at radius 1 is 1.03 bits per heavy atom. The van der Waals surface area contributed by atoms with Crippen molar-refractivity contribution in [3.05, 3.63) is 65.5 Å². The van der Waals surface area contributed by atoms with Crippen molar-refractivity contribution in [1.29, 1.82) is 0 Å². The van der Waals surface area contributed by atoms with Crippen molar-refractivity contribution in [2.75, 3.05) is 44.2 Å². The fourth-order valence-electron chi connectivity index (χ4n) is 4.46. The summed E-state index contributed by atoms with van der Waals surface area (Å²) in [5.74, 6) is -0.329. The van der Waals surface area contributed by atoms with Crippen molar-refractivity contribution < 1.29 is 18.3 Å². The monoisotopic (exact) mass is 447 g/mol. The third-order valence-corrected chi connectivity index (χ3v) is 8.60. The van der Waals surface area contributed by atoms with Crippen LogP contribution in [0.2, 0.25) is 0 Å². The van der Waals surface area contributed by atoms with Gasteiger partial charge < -0.3 is 9.69 Å². The van der Waals surface area contributed by atoms with Crippen LogP contribution in [0.3, 0.4) is 0 Å². The van der Waals surface area contributed by atoms with Crippen LogP contribution < -0.4 is 4.90 Å². The van der Waals surface area contributed by atoms with E-state index in [0.29, 0.717) is 25.1 Å². The number of aldehydes is 1. The first kappa shape index (κ1) is 22.2. The normalized spacial score (nSPS) is 23.5. The molecule has 2 fully saturated rings.